The van der Waals surface area contributed by atoms with Gasteiger partial charge in [0.25, 0.3) is 0 Å². The minimum absolute atomic E-state index is 0.726. The van der Waals surface area contributed by atoms with Gasteiger partial charge in [0.2, 0.25) is 0 Å². The van der Waals surface area contributed by atoms with Crippen LogP contribution in [0, 0.1) is 31.1 Å². The highest BCUT2D eigenvalue weighted by Gasteiger charge is 2.35. The van der Waals surface area contributed by atoms with Crippen LogP contribution in [0.3, 0.4) is 0 Å². The maximum Gasteiger partial charge on any atom is 0.103 e. The van der Waals surface area contributed by atoms with Gasteiger partial charge < -0.3 is 9.80 Å². The topological polar surface area (TPSA) is 43.2 Å². The van der Waals surface area contributed by atoms with Gasteiger partial charge in [-0.25, -0.2) is 0 Å². The summed E-state index contributed by atoms with van der Waals surface area (Å²) in [5.74, 6) is 0.734. The Morgan fingerprint density at radius 1 is 1.29 bits per heavy atom. The summed E-state index contributed by atoms with van der Waals surface area (Å²) in [6, 6.07) is 5.16. The molecule has 4 nitrogen and oxygen atoms in total. The molecule has 0 aliphatic carbocycles. The summed E-state index contributed by atoms with van der Waals surface area (Å²) in [7, 11) is 2.26. The molecule has 0 aromatic carbocycles. The van der Waals surface area contributed by atoms with Gasteiger partial charge in [-0.2, -0.15) is 5.26 Å². The van der Waals surface area contributed by atoms with Gasteiger partial charge in [0.05, 0.1) is 16.9 Å². The van der Waals surface area contributed by atoms with E-state index in [4.69, 9.17) is 0 Å². The van der Waals surface area contributed by atoms with E-state index in [1.807, 2.05) is 13.8 Å². The zero-order valence-electron chi connectivity index (χ0n) is 13.3. The quantitative estimate of drug-likeness (QED) is 0.794. The molecule has 1 aromatic heterocycles. The zero-order valence-corrected chi connectivity index (χ0v) is 13.3. The minimum Gasteiger partial charge on any atom is -0.370 e. The second kappa shape index (κ2) is 5.65. The molecule has 1 aromatic rings. The first-order valence-corrected chi connectivity index (χ1v) is 7.93. The summed E-state index contributed by atoms with van der Waals surface area (Å²) in [5.41, 5.74) is 3.71. The van der Waals surface area contributed by atoms with Crippen molar-refractivity contribution in [3.8, 4) is 6.07 Å². The molecular formula is C17H24N4. The van der Waals surface area contributed by atoms with Gasteiger partial charge in [0, 0.05) is 24.8 Å². The van der Waals surface area contributed by atoms with E-state index < -0.39 is 0 Å². The number of rotatable bonds is 1. The summed E-state index contributed by atoms with van der Waals surface area (Å²) < 4.78 is 0. The zero-order chi connectivity index (χ0) is 15.0. The molecule has 2 unspecified atom stereocenters. The van der Waals surface area contributed by atoms with E-state index in [-0.39, 0.29) is 0 Å². The molecule has 3 heterocycles. The first-order valence-electron chi connectivity index (χ1n) is 7.93. The molecule has 4 heteroatoms. The fraction of sp³-hybridized carbons (Fsp3) is 0.647. The Bertz CT molecular complexity index is 575. The average molecular weight is 284 g/mol. The molecule has 3 rings (SSSR count). The highest BCUT2D eigenvalue weighted by molar-refractivity contribution is 5.62. The highest BCUT2D eigenvalue weighted by atomic mass is 15.2. The van der Waals surface area contributed by atoms with E-state index in [9.17, 15) is 5.26 Å². The molecule has 0 bridgehead atoms. The molecule has 2 atom stereocenters. The highest BCUT2D eigenvalue weighted by Crippen LogP contribution is 2.33. The first-order chi connectivity index (χ1) is 10.1. The number of hydrogen-bond donors (Lipinski definition) is 0. The fourth-order valence-electron chi connectivity index (χ4n) is 4.07. The van der Waals surface area contributed by atoms with Gasteiger partial charge in [0.1, 0.15) is 6.07 Å². The van der Waals surface area contributed by atoms with Crippen LogP contribution in [0.25, 0.3) is 0 Å². The van der Waals surface area contributed by atoms with Crippen LogP contribution in [0.5, 0.6) is 0 Å². The predicted molar refractivity (Wildman–Crippen MR) is 84.4 cm³/mol. The van der Waals surface area contributed by atoms with Crippen LogP contribution in [-0.4, -0.2) is 42.6 Å². The first kappa shape index (κ1) is 14.3. The van der Waals surface area contributed by atoms with Crippen LogP contribution in [0.15, 0.2) is 6.07 Å². The van der Waals surface area contributed by atoms with Crippen LogP contribution < -0.4 is 4.90 Å². The Labute approximate surface area is 127 Å². The molecule has 0 spiro atoms. The SMILES string of the molecule is Cc1cc(N2CCC3C(CCCN3C)C2)c(C#N)c(C)n1. The van der Waals surface area contributed by atoms with E-state index in [2.05, 4.69) is 34.0 Å². The van der Waals surface area contributed by atoms with Crippen molar-refractivity contribution in [2.24, 2.45) is 5.92 Å². The monoisotopic (exact) mass is 284 g/mol. The van der Waals surface area contributed by atoms with Crippen molar-refractivity contribution in [2.75, 3.05) is 31.6 Å². The number of nitriles is 1. The second-order valence-corrected chi connectivity index (χ2v) is 6.54. The lowest BCUT2D eigenvalue weighted by atomic mass is 9.84. The van der Waals surface area contributed by atoms with Crippen molar-refractivity contribution in [3.05, 3.63) is 23.0 Å². The lowest BCUT2D eigenvalue weighted by Gasteiger charge is -2.46. The Morgan fingerprint density at radius 2 is 2.10 bits per heavy atom. The number of piperidine rings is 2. The smallest absolute Gasteiger partial charge is 0.103 e. The molecule has 0 N–H and O–H groups in total. The third-order valence-electron chi connectivity index (χ3n) is 5.11. The molecule has 2 fully saturated rings. The van der Waals surface area contributed by atoms with Gasteiger partial charge in [-0.15, -0.1) is 0 Å². The summed E-state index contributed by atoms with van der Waals surface area (Å²) in [6.07, 6.45) is 3.81. The number of anilines is 1. The van der Waals surface area contributed by atoms with Gasteiger partial charge in [-0.05, 0) is 58.7 Å². The van der Waals surface area contributed by atoms with E-state index in [1.165, 1.54) is 25.8 Å². The van der Waals surface area contributed by atoms with Crippen LogP contribution in [0.1, 0.15) is 36.2 Å². The number of pyridine rings is 1. The molecule has 2 aliphatic rings. The van der Waals surface area contributed by atoms with Gasteiger partial charge in [-0.1, -0.05) is 0 Å². The summed E-state index contributed by atoms with van der Waals surface area (Å²) >= 11 is 0. The molecule has 0 amide bonds. The van der Waals surface area contributed by atoms with Crippen molar-refractivity contribution < 1.29 is 0 Å². The van der Waals surface area contributed by atoms with Crippen molar-refractivity contribution in [1.29, 1.82) is 5.26 Å². The summed E-state index contributed by atoms with van der Waals surface area (Å²) in [6.45, 7) is 7.31. The third kappa shape index (κ3) is 2.63. The van der Waals surface area contributed by atoms with E-state index >= 15 is 0 Å². The molecule has 0 saturated carbocycles. The van der Waals surface area contributed by atoms with Gasteiger partial charge in [0.15, 0.2) is 0 Å². The molecule has 21 heavy (non-hydrogen) atoms. The molecule has 2 aliphatic heterocycles. The van der Waals surface area contributed by atoms with Crippen LogP contribution in [0.2, 0.25) is 0 Å². The molecular weight excluding hydrogens is 260 g/mol. The number of aromatic nitrogens is 1. The summed E-state index contributed by atoms with van der Waals surface area (Å²) in [4.78, 5) is 9.38. The predicted octanol–water partition coefficient (Wildman–Crippen LogP) is 2.49. The number of likely N-dealkylation sites (tertiary alicyclic amines) is 1. The normalized spacial score (nSPS) is 26.3. The van der Waals surface area contributed by atoms with Crippen molar-refractivity contribution in [3.63, 3.8) is 0 Å². The van der Waals surface area contributed by atoms with E-state index in [0.717, 1.165) is 47.7 Å². The van der Waals surface area contributed by atoms with Crippen LogP contribution in [0.4, 0.5) is 5.69 Å². The average Bonchev–Trinajstić information content (AvgIpc) is 2.46. The van der Waals surface area contributed by atoms with Gasteiger partial charge in [-0.3, -0.25) is 4.98 Å². The van der Waals surface area contributed by atoms with Crippen molar-refractivity contribution in [2.45, 2.75) is 39.2 Å². The maximum absolute atomic E-state index is 9.47. The van der Waals surface area contributed by atoms with Gasteiger partial charge >= 0.3 is 0 Å². The number of fused-ring (bicyclic) bond motifs is 1. The Kier molecular flexibility index (Phi) is 3.86. The Morgan fingerprint density at radius 3 is 2.86 bits per heavy atom. The van der Waals surface area contributed by atoms with Crippen molar-refractivity contribution >= 4 is 5.69 Å². The summed E-state index contributed by atoms with van der Waals surface area (Å²) in [5, 5.41) is 9.47. The minimum atomic E-state index is 0.726. The number of nitrogens with zero attached hydrogens (tertiary/aromatic N) is 4. The number of hydrogen-bond acceptors (Lipinski definition) is 4. The molecule has 0 radical (unpaired) electrons. The third-order valence-corrected chi connectivity index (χ3v) is 5.11. The van der Waals surface area contributed by atoms with E-state index in [1.54, 1.807) is 0 Å². The second-order valence-electron chi connectivity index (χ2n) is 6.54. The Hall–Kier alpha value is -1.60. The lowest BCUT2D eigenvalue weighted by molar-refractivity contribution is 0.102. The standard InChI is InChI=1S/C17H24N4/c1-12-9-17(15(10-18)13(2)19-12)21-8-6-16-14(11-21)5-4-7-20(16)3/h9,14,16H,4-8,11H2,1-3H3. The largest absolute Gasteiger partial charge is 0.370 e. The maximum atomic E-state index is 9.47. The van der Waals surface area contributed by atoms with Crippen LogP contribution in [-0.2, 0) is 0 Å². The molecule has 112 valence electrons. The van der Waals surface area contributed by atoms with Crippen molar-refractivity contribution in [1.82, 2.24) is 9.88 Å². The van der Waals surface area contributed by atoms with E-state index in [0.29, 0.717) is 0 Å². The Balaban J connectivity index is 1.88. The molecule has 2 saturated heterocycles. The fourth-order valence-corrected chi connectivity index (χ4v) is 4.07. The van der Waals surface area contributed by atoms with Crippen LogP contribution >= 0.6 is 0 Å². The lowest BCUT2D eigenvalue weighted by Crippen LogP contribution is -2.52. The number of aryl methyl sites for hydroxylation is 2.